The number of fused-ring (bicyclic) bond motifs is 1. The first kappa shape index (κ1) is 15.7. The largest absolute Gasteiger partial charge is 0.372 e. The van der Waals surface area contributed by atoms with E-state index >= 15 is 0 Å². The van der Waals surface area contributed by atoms with E-state index in [1.54, 1.807) is 0 Å². The van der Waals surface area contributed by atoms with Gasteiger partial charge in [0.25, 0.3) is 0 Å². The lowest BCUT2D eigenvalue weighted by Gasteiger charge is -2.36. The van der Waals surface area contributed by atoms with Crippen molar-refractivity contribution in [1.29, 1.82) is 0 Å². The number of benzene rings is 2. The maximum atomic E-state index is 4.77. The summed E-state index contributed by atoms with van der Waals surface area (Å²) in [7, 11) is 1.91. The molecular formula is C20H23N5. The third-order valence-electron chi connectivity index (χ3n) is 4.79. The van der Waals surface area contributed by atoms with E-state index in [9.17, 15) is 0 Å². The zero-order valence-electron chi connectivity index (χ0n) is 14.7. The molecule has 0 unspecified atom stereocenters. The molecule has 128 valence electrons. The first-order valence-corrected chi connectivity index (χ1v) is 8.76. The number of hydrogen-bond donors (Lipinski definition) is 1. The Labute approximate surface area is 148 Å². The molecule has 0 amide bonds. The summed E-state index contributed by atoms with van der Waals surface area (Å²) in [6.07, 6.45) is 0. The van der Waals surface area contributed by atoms with Crippen molar-refractivity contribution in [2.45, 2.75) is 6.92 Å². The average Bonchev–Trinajstić information content (AvgIpc) is 2.68. The fourth-order valence-corrected chi connectivity index (χ4v) is 3.32. The van der Waals surface area contributed by atoms with Crippen LogP contribution in [0.1, 0.15) is 5.56 Å². The van der Waals surface area contributed by atoms with Crippen molar-refractivity contribution in [3.05, 3.63) is 54.1 Å². The summed E-state index contributed by atoms with van der Waals surface area (Å²) < 4.78 is 0. The van der Waals surface area contributed by atoms with E-state index in [1.165, 1.54) is 11.3 Å². The van der Waals surface area contributed by atoms with Gasteiger partial charge in [0.15, 0.2) is 0 Å². The van der Waals surface area contributed by atoms with E-state index in [1.807, 2.05) is 25.2 Å². The van der Waals surface area contributed by atoms with Crippen LogP contribution in [0.4, 0.5) is 17.5 Å². The number of piperazine rings is 1. The highest BCUT2D eigenvalue weighted by Crippen LogP contribution is 2.24. The van der Waals surface area contributed by atoms with Crippen molar-refractivity contribution in [1.82, 2.24) is 9.97 Å². The van der Waals surface area contributed by atoms with Gasteiger partial charge < -0.3 is 15.1 Å². The minimum Gasteiger partial charge on any atom is -0.372 e. The summed E-state index contributed by atoms with van der Waals surface area (Å²) >= 11 is 0. The van der Waals surface area contributed by atoms with Crippen molar-refractivity contribution >= 4 is 28.4 Å². The van der Waals surface area contributed by atoms with E-state index in [4.69, 9.17) is 9.97 Å². The van der Waals surface area contributed by atoms with Gasteiger partial charge in [0, 0.05) is 44.3 Å². The van der Waals surface area contributed by atoms with Gasteiger partial charge in [-0.2, -0.15) is 4.98 Å². The summed E-state index contributed by atoms with van der Waals surface area (Å²) in [5.41, 5.74) is 3.57. The standard InChI is InChI=1S/C20H23N5/c1-15-7-9-16(10-8-15)24-11-13-25(14-12-24)20-22-18-6-4-3-5-17(18)19(21-2)23-20/h3-10H,11-14H2,1-2H3,(H,21,22,23). The molecule has 0 spiro atoms. The molecule has 2 aromatic carbocycles. The van der Waals surface area contributed by atoms with E-state index in [-0.39, 0.29) is 0 Å². The second-order valence-corrected chi connectivity index (χ2v) is 6.45. The molecular weight excluding hydrogens is 310 g/mol. The molecule has 1 aromatic heterocycles. The molecule has 1 N–H and O–H groups in total. The Morgan fingerprint density at radius 1 is 0.840 bits per heavy atom. The highest BCUT2D eigenvalue weighted by atomic mass is 15.3. The van der Waals surface area contributed by atoms with Crippen molar-refractivity contribution in [2.75, 3.05) is 48.3 Å². The van der Waals surface area contributed by atoms with Crippen LogP contribution in [0.3, 0.4) is 0 Å². The molecule has 5 heteroatoms. The monoisotopic (exact) mass is 333 g/mol. The minimum absolute atomic E-state index is 0.812. The Bertz CT molecular complexity index is 867. The molecule has 4 rings (SSSR count). The van der Waals surface area contributed by atoms with Crippen LogP contribution in [0, 0.1) is 6.92 Å². The van der Waals surface area contributed by atoms with Gasteiger partial charge in [0.05, 0.1) is 5.52 Å². The predicted octanol–water partition coefficient (Wildman–Crippen LogP) is 3.31. The Morgan fingerprint density at radius 3 is 2.24 bits per heavy atom. The number of nitrogens with zero attached hydrogens (tertiary/aromatic N) is 4. The molecule has 5 nitrogen and oxygen atoms in total. The molecule has 0 atom stereocenters. The summed E-state index contributed by atoms with van der Waals surface area (Å²) in [4.78, 5) is 14.2. The third-order valence-corrected chi connectivity index (χ3v) is 4.79. The molecule has 1 aliphatic heterocycles. The fraction of sp³-hybridized carbons (Fsp3) is 0.300. The van der Waals surface area contributed by atoms with Gasteiger partial charge >= 0.3 is 0 Å². The predicted molar refractivity (Wildman–Crippen MR) is 105 cm³/mol. The number of aryl methyl sites for hydroxylation is 1. The van der Waals surface area contributed by atoms with Gasteiger partial charge in [-0.3, -0.25) is 0 Å². The Kier molecular flexibility index (Phi) is 4.14. The summed E-state index contributed by atoms with van der Waals surface area (Å²) in [6, 6.07) is 16.9. The molecule has 0 saturated carbocycles. The maximum Gasteiger partial charge on any atom is 0.228 e. The summed E-state index contributed by atoms with van der Waals surface area (Å²) in [5.74, 6) is 1.70. The molecule has 0 bridgehead atoms. The van der Waals surface area contributed by atoms with Crippen molar-refractivity contribution in [3.63, 3.8) is 0 Å². The van der Waals surface area contributed by atoms with Crippen LogP contribution in [0.15, 0.2) is 48.5 Å². The van der Waals surface area contributed by atoms with Crippen LogP contribution in [-0.4, -0.2) is 43.2 Å². The average molecular weight is 333 g/mol. The Balaban J connectivity index is 1.54. The van der Waals surface area contributed by atoms with Crippen LogP contribution in [-0.2, 0) is 0 Å². The first-order valence-electron chi connectivity index (χ1n) is 8.76. The molecule has 1 aliphatic rings. The van der Waals surface area contributed by atoms with Crippen LogP contribution in [0.2, 0.25) is 0 Å². The highest BCUT2D eigenvalue weighted by Gasteiger charge is 2.20. The van der Waals surface area contributed by atoms with Crippen LogP contribution in [0.5, 0.6) is 0 Å². The van der Waals surface area contributed by atoms with E-state index in [0.29, 0.717) is 0 Å². The molecule has 3 aromatic rings. The van der Waals surface area contributed by atoms with Crippen molar-refractivity contribution in [2.24, 2.45) is 0 Å². The molecule has 0 aliphatic carbocycles. The molecule has 1 saturated heterocycles. The van der Waals surface area contributed by atoms with Gasteiger partial charge in [-0.1, -0.05) is 29.8 Å². The second kappa shape index (κ2) is 6.59. The number of para-hydroxylation sites is 1. The molecule has 2 heterocycles. The number of aromatic nitrogens is 2. The van der Waals surface area contributed by atoms with E-state index in [2.05, 4.69) is 52.4 Å². The topological polar surface area (TPSA) is 44.3 Å². The lowest BCUT2D eigenvalue weighted by Crippen LogP contribution is -2.47. The van der Waals surface area contributed by atoms with Gasteiger partial charge in [-0.05, 0) is 31.2 Å². The Morgan fingerprint density at radius 2 is 1.52 bits per heavy atom. The summed E-state index contributed by atoms with van der Waals surface area (Å²) in [5, 5.41) is 4.26. The fourth-order valence-electron chi connectivity index (χ4n) is 3.32. The highest BCUT2D eigenvalue weighted by molar-refractivity contribution is 5.90. The number of nitrogens with one attached hydrogen (secondary N) is 1. The Hall–Kier alpha value is -2.82. The number of rotatable bonds is 3. The minimum atomic E-state index is 0.812. The van der Waals surface area contributed by atoms with Gasteiger partial charge in [-0.15, -0.1) is 0 Å². The lowest BCUT2D eigenvalue weighted by molar-refractivity contribution is 0.641. The maximum absolute atomic E-state index is 4.77. The summed E-state index contributed by atoms with van der Waals surface area (Å²) in [6.45, 7) is 5.94. The van der Waals surface area contributed by atoms with Gasteiger partial charge in [-0.25, -0.2) is 4.98 Å². The van der Waals surface area contributed by atoms with Crippen LogP contribution in [0.25, 0.3) is 10.9 Å². The van der Waals surface area contributed by atoms with Crippen molar-refractivity contribution in [3.8, 4) is 0 Å². The molecule has 1 fully saturated rings. The second-order valence-electron chi connectivity index (χ2n) is 6.45. The molecule has 25 heavy (non-hydrogen) atoms. The van der Waals surface area contributed by atoms with Crippen LogP contribution >= 0.6 is 0 Å². The van der Waals surface area contributed by atoms with Crippen LogP contribution < -0.4 is 15.1 Å². The van der Waals surface area contributed by atoms with Crippen molar-refractivity contribution < 1.29 is 0 Å². The number of hydrogen-bond acceptors (Lipinski definition) is 5. The zero-order valence-corrected chi connectivity index (χ0v) is 14.7. The lowest BCUT2D eigenvalue weighted by atomic mass is 10.2. The van der Waals surface area contributed by atoms with Gasteiger partial charge in [0.2, 0.25) is 5.95 Å². The third kappa shape index (κ3) is 3.09. The van der Waals surface area contributed by atoms with E-state index in [0.717, 1.165) is 48.8 Å². The van der Waals surface area contributed by atoms with Gasteiger partial charge in [0.1, 0.15) is 5.82 Å². The molecule has 0 radical (unpaired) electrons. The van der Waals surface area contributed by atoms with E-state index < -0.39 is 0 Å². The smallest absolute Gasteiger partial charge is 0.228 e. The normalized spacial score (nSPS) is 14.8. The first-order chi connectivity index (χ1) is 12.2. The zero-order chi connectivity index (χ0) is 17.2. The number of anilines is 3. The quantitative estimate of drug-likeness (QED) is 0.797. The SMILES string of the molecule is CNc1nc(N2CCN(c3ccc(C)cc3)CC2)nc2ccccc12.